The van der Waals surface area contributed by atoms with E-state index >= 15 is 0 Å². The van der Waals surface area contributed by atoms with E-state index in [2.05, 4.69) is 4.74 Å². The van der Waals surface area contributed by atoms with E-state index in [1.165, 1.54) is 0 Å². The summed E-state index contributed by atoms with van der Waals surface area (Å²) < 4.78 is 4.54. The fourth-order valence-electron chi connectivity index (χ4n) is 1.10. The molecule has 0 aliphatic carbocycles. The summed E-state index contributed by atoms with van der Waals surface area (Å²) in [6.07, 6.45) is 0.455. The van der Waals surface area contributed by atoms with Crippen molar-refractivity contribution >= 4 is 17.9 Å². The van der Waals surface area contributed by atoms with Gasteiger partial charge in [0.15, 0.2) is 0 Å². The highest BCUT2D eigenvalue weighted by atomic mass is 16.6. The predicted molar refractivity (Wildman–Crippen MR) is 42.5 cm³/mol. The second-order valence-electron chi connectivity index (χ2n) is 3.11. The third kappa shape index (κ3) is 1.73. The van der Waals surface area contributed by atoms with Gasteiger partial charge in [0.05, 0.1) is 0 Å². The number of hydrogen-bond donors (Lipinski definition) is 2. The first-order valence-electron chi connectivity index (χ1n) is 3.75. The summed E-state index contributed by atoms with van der Waals surface area (Å²) >= 11 is 0. The van der Waals surface area contributed by atoms with Crippen LogP contribution in [0.15, 0.2) is 11.6 Å². The second-order valence-corrected chi connectivity index (χ2v) is 3.11. The largest absolute Gasteiger partial charge is 0.478 e. The zero-order valence-electron chi connectivity index (χ0n) is 7.31. The molecule has 1 aliphatic rings. The third-order valence-electron chi connectivity index (χ3n) is 1.87. The molecule has 0 aromatic heterocycles. The average Bonchev–Trinajstić information content (AvgIpc) is 2.02. The SMILES string of the molecule is CC1(C(=O)O)CC(C(=O)O)=CC(=O)O1. The van der Waals surface area contributed by atoms with E-state index in [1.54, 1.807) is 0 Å². The quantitative estimate of drug-likeness (QED) is 0.598. The van der Waals surface area contributed by atoms with E-state index in [-0.39, 0.29) is 12.0 Å². The minimum absolute atomic E-state index is 0.258. The third-order valence-corrected chi connectivity index (χ3v) is 1.87. The van der Waals surface area contributed by atoms with Crippen molar-refractivity contribution in [2.75, 3.05) is 0 Å². The Morgan fingerprint density at radius 2 is 2.07 bits per heavy atom. The number of carbonyl (C=O) groups is 3. The molecule has 76 valence electrons. The van der Waals surface area contributed by atoms with Gasteiger partial charge in [-0.3, -0.25) is 0 Å². The molecule has 1 unspecified atom stereocenters. The van der Waals surface area contributed by atoms with Crippen LogP contribution in [0.4, 0.5) is 0 Å². The maximum atomic E-state index is 10.9. The van der Waals surface area contributed by atoms with Gasteiger partial charge in [0.1, 0.15) is 0 Å². The Hall–Kier alpha value is -1.85. The molecule has 1 heterocycles. The lowest BCUT2D eigenvalue weighted by atomic mass is 9.94. The summed E-state index contributed by atoms with van der Waals surface area (Å²) in [7, 11) is 0. The van der Waals surface area contributed by atoms with Crippen molar-refractivity contribution in [3.8, 4) is 0 Å². The van der Waals surface area contributed by atoms with Crippen LogP contribution >= 0.6 is 0 Å². The summed E-state index contributed by atoms with van der Waals surface area (Å²) in [5.74, 6) is -3.62. The Morgan fingerprint density at radius 1 is 1.50 bits per heavy atom. The van der Waals surface area contributed by atoms with E-state index in [4.69, 9.17) is 10.2 Å². The Balaban J connectivity index is 3.02. The molecule has 0 fully saturated rings. The van der Waals surface area contributed by atoms with Crippen molar-refractivity contribution in [1.29, 1.82) is 0 Å². The highest BCUT2D eigenvalue weighted by Gasteiger charge is 2.42. The summed E-state index contributed by atoms with van der Waals surface area (Å²) in [5, 5.41) is 17.3. The van der Waals surface area contributed by atoms with E-state index in [9.17, 15) is 14.4 Å². The van der Waals surface area contributed by atoms with E-state index < -0.39 is 23.5 Å². The molecule has 0 radical (unpaired) electrons. The number of carbonyl (C=O) groups excluding carboxylic acids is 1. The Kier molecular flexibility index (Phi) is 2.29. The highest BCUT2D eigenvalue weighted by molar-refractivity contribution is 5.99. The lowest BCUT2D eigenvalue weighted by molar-refractivity contribution is -0.175. The molecule has 6 heteroatoms. The molecule has 2 N–H and O–H groups in total. The zero-order chi connectivity index (χ0) is 10.9. The lowest BCUT2D eigenvalue weighted by Gasteiger charge is -2.27. The monoisotopic (exact) mass is 200 g/mol. The van der Waals surface area contributed by atoms with Gasteiger partial charge in [-0.1, -0.05) is 0 Å². The van der Waals surface area contributed by atoms with Crippen molar-refractivity contribution in [3.63, 3.8) is 0 Å². The summed E-state index contributed by atoms with van der Waals surface area (Å²) in [6.45, 7) is 1.16. The summed E-state index contributed by atoms with van der Waals surface area (Å²) in [4.78, 5) is 32.1. The number of cyclic esters (lactones) is 1. The Labute approximate surface area is 78.8 Å². The first-order valence-corrected chi connectivity index (χ1v) is 3.75. The van der Waals surface area contributed by atoms with E-state index in [0.29, 0.717) is 0 Å². The van der Waals surface area contributed by atoms with Gasteiger partial charge in [-0.05, 0) is 6.92 Å². The maximum absolute atomic E-state index is 10.9. The van der Waals surface area contributed by atoms with Crippen LogP contribution in [-0.2, 0) is 19.1 Å². The summed E-state index contributed by atoms with van der Waals surface area (Å²) in [6, 6.07) is 0. The van der Waals surface area contributed by atoms with Gasteiger partial charge in [-0.25, -0.2) is 14.4 Å². The van der Waals surface area contributed by atoms with Crippen LogP contribution in [0.1, 0.15) is 13.3 Å². The molecule has 14 heavy (non-hydrogen) atoms. The number of ether oxygens (including phenoxy) is 1. The standard InChI is InChI=1S/C8H8O6/c1-8(7(12)13)3-4(6(10)11)2-5(9)14-8/h2H,3H2,1H3,(H,10,11)(H,12,13). The molecule has 0 aromatic carbocycles. The Bertz CT molecular complexity index is 342. The molecule has 6 nitrogen and oxygen atoms in total. The smallest absolute Gasteiger partial charge is 0.348 e. The zero-order valence-corrected chi connectivity index (χ0v) is 7.31. The van der Waals surface area contributed by atoms with Crippen molar-refractivity contribution in [2.45, 2.75) is 18.9 Å². The molecule has 1 rings (SSSR count). The molecule has 0 saturated heterocycles. The molecular formula is C8H8O6. The Morgan fingerprint density at radius 3 is 2.50 bits per heavy atom. The van der Waals surface area contributed by atoms with Crippen LogP contribution in [0.2, 0.25) is 0 Å². The molecular weight excluding hydrogens is 192 g/mol. The number of esters is 1. The van der Waals surface area contributed by atoms with Crippen molar-refractivity contribution in [3.05, 3.63) is 11.6 Å². The average molecular weight is 200 g/mol. The highest BCUT2D eigenvalue weighted by Crippen LogP contribution is 2.26. The molecule has 1 atom stereocenters. The lowest BCUT2D eigenvalue weighted by Crippen LogP contribution is -2.43. The molecule has 0 spiro atoms. The fraction of sp³-hybridized carbons (Fsp3) is 0.375. The van der Waals surface area contributed by atoms with E-state index in [0.717, 1.165) is 13.0 Å². The van der Waals surface area contributed by atoms with Gasteiger partial charge >= 0.3 is 17.9 Å². The molecule has 1 aliphatic heterocycles. The molecule has 0 aromatic rings. The van der Waals surface area contributed by atoms with Crippen LogP contribution in [0, 0.1) is 0 Å². The van der Waals surface area contributed by atoms with Crippen LogP contribution in [0.25, 0.3) is 0 Å². The minimum atomic E-state index is -1.78. The minimum Gasteiger partial charge on any atom is -0.478 e. The number of aliphatic carboxylic acids is 2. The van der Waals surface area contributed by atoms with Crippen LogP contribution in [0.3, 0.4) is 0 Å². The molecule has 0 amide bonds. The molecule has 0 saturated carbocycles. The van der Waals surface area contributed by atoms with Crippen LogP contribution in [0.5, 0.6) is 0 Å². The van der Waals surface area contributed by atoms with Crippen molar-refractivity contribution < 1.29 is 29.3 Å². The van der Waals surface area contributed by atoms with Crippen LogP contribution in [-0.4, -0.2) is 33.7 Å². The normalized spacial score (nSPS) is 26.4. The van der Waals surface area contributed by atoms with Crippen LogP contribution < -0.4 is 0 Å². The number of rotatable bonds is 2. The number of carboxylic acids is 2. The van der Waals surface area contributed by atoms with Gasteiger partial charge in [0.25, 0.3) is 0 Å². The van der Waals surface area contributed by atoms with Gasteiger partial charge in [0, 0.05) is 18.1 Å². The fourth-order valence-corrected chi connectivity index (χ4v) is 1.10. The predicted octanol–water partition coefficient (Wildman–Crippen LogP) is -0.212. The van der Waals surface area contributed by atoms with Gasteiger partial charge in [0.2, 0.25) is 5.60 Å². The van der Waals surface area contributed by atoms with Crippen molar-refractivity contribution in [1.82, 2.24) is 0 Å². The van der Waals surface area contributed by atoms with Gasteiger partial charge in [-0.2, -0.15) is 0 Å². The first-order chi connectivity index (χ1) is 6.35. The first kappa shape index (κ1) is 10.2. The van der Waals surface area contributed by atoms with Gasteiger partial charge < -0.3 is 14.9 Å². The number of hydrogen-bond acceptors (Lipinski definition) is 4. The summed E-state index contributed by atoms with van der Waals surface area (Å²) in [5.41, 5.74) is -2.04. The second kappa shape index (κ2) is 3.13. The topological polar surface area (TPSA) is 101 Å². The van der Waals surface area contributed by atoms with Gasteiger partial charge in [-0.15, -0.1) is 0 Å². The molecule has 0 bridgehead atoms. The van der Waals surface area contributed by atoms with Crippen molar-refractivity contribution in [2.24, 2.45) is 0 Å². The number of carboxylic acid groups (broad SMARTS) is 2. The van der Waals surface area contributed by atoms with E-state index in [1.807, 2.05) is 0 Å². The maximum Gasteiger partial charge on any atom is 0.348 e.